The van der Waals surface area contributed by atoms with Crippen molar-refractivity contribution in [2.24, 2.45) is 0 Å². The van der Waals surface area contributed by atoms with E-state index >= 15 is 0 Å². The van der Waals surface area contributed by atoms with E-state index < -0.39 is 78.0 Å². The van der Waals surface area contributed by atoms with E-state index in [1.807, 2.05) is 0 Å². The molecule has 0 aliphatic rings. The maximum atomic E-state index is 14.4. The zero-order valence-electron chi connectivity index (χ0n) is 17.0. The van der Waals surface area contributed by atoms with E-state index in [1.165, 1.54) is 0 Å². The van der Waals surface area contributed by atoms with Gasteiger partial charge in [0.15, 0.2) is 0 Å². The minimum atomic E-state index is -13.8. The summed E-state index contributed by atoms with van der Waals surface area (Å²) in [5.74, 6) is -29.7. The van der Waals surface area contributed by atoms with Crippen molar-refractivity contribution in [2.45, 2.75) is 65.2 Å². The molecule has 30 heteroatoms. The van der Waals surface area contributed by atoms with Crippen LogP contribution in [0.5, 0.6) is 0 Å². The number of alkyl halides is 26. The van der Waals surface area contributed by atoms with Gasteiger partial charge in [0.2, 0.25) is 0 Å². The van der Waals surface area contributed by atoms with Crippen molar-refractivity contribution >= 4 is 8.24 Å². The third-order valence-corrected chi connectivity index (χ3v) is 9.54. The van der Waals surface area contributed by atoms with Crippen molar-refractivity contribution < 1.29 is 128 Å². The van der Waals surface area contributed by atoms with Gasteiger partial charge < -0.3 is 0 Å². The Morgan fingerprint density at radius 1 is 0.293 bits per heavy atom. The molecule has 0 atom stereocenters. The highest BCUT2D eigenvalue weighted by Gasteiger charge is 3.17. The SMILES string of the molecule is FC(F)(F)C(F)(F)C(F)(F)C(F)(F)[Si](C(F)(F)C(F)(F)F)(C(F)(F)C(F)(F)F)[N+](F)(F)C(F)(C(F)(F)F)C(F)(F)F. The molecule has 1 nitrogen and oxygen atoms in total. The molecule has 0 aliphatic heterocycles. The third-order valence-electron chi connectivity index (χ3n) is 4.78. The van der Waals surface area contributed by atoms with Gasteiger partial charge in [-0.3, -0.25) is 0 Å². The van der Waals surface area contributed by atoms with Crippen LogP contribution in [0.2, 0.25) is 0 Å². The van der Waals surface area contributed by atoms with Crippen LogP contribution in [-0.4, -0.2) is 78.0 Å². The number of nitrogens with zero attached hydrogens (tertiary/aromatic N) is 1. The molecule has 0 N–H and O–H groups in total. The highest BCUT2D eigenvalue weighted by molar-refractivity contribution is 6.80. The predicted octanol–water partition coefficient (Wildman–Crippen LogP) is 8.79. The van der Waals surface area contributed by atoms with Crippen LogP contribution in [-0.2, 0) is 0 Å². The lowest BCUT2D eigenvalue weighted by Crippen LogP contribution is -2.98. The number of hydrogen-bond donors (Lipinski definition) is 0. The fourth-order valence-corrected chi connectivity index (χ4v) is 7.23. The molecule has 0 aromatic rings. The Kier molecular flexibility index (Phi) is 8.72. The van der Waals surface area contributed by atoms with Gasteiger partial charge in [0.05, 0.1) is 4.59 Å². The summed E-state index contributed by atoms with van der Waals surface area (Å²) in [4.78, 5) is 0. The Morgan fingerprint density at radius 3 is 0.707 bits per heavy atom. The minimum Gasteiger partial charge on any atom is -0.196 e. The molecule has 0 aromatic carbocycles. The number of rotatable bonds is 7. The minimum absolute atomic E-state index is 8.75. The van der Waals surface area contributed by atoms with E-state index in [0.717, 1.165) is 0 Å². The fraction of sp³-hybridized carbons (Fsp3) is 1.00. The second-order valence-corrected chi connectivity index (χ2v) is 11.1. The lowest BCUT2D eigenvalue weighted by Gasteiger charge is -2.50. The first-order chi connectivity index (χ1) is 17.0. The molecule has 0 aromatic heterocycles. The summed E-state index contributed by atoms with van der Waals surface area (Å²) in [6.45, 7) is 0. The van der Waals surface area contributed by atoms with E-state index in [-0.39, 0.29) is 0 Å². The fourth-order valence-electron chi connectivity index (χ4n) is 2.84. The van der Waals surface area contributed by atoms with Gasteiger partial charge >= 0.3 is 73.4 Å². The molecule has 0 bridgehead atoms. The van der Waals surface area contributed by atoms with Gasteiger partial charge in [0.25, 0.3) is 0 Å². The highest BCUT2D eigenvalue weighted by Crippen LogP contribution is 2.71. The van der Waals surface area contributed by atoms with Crippen LogP contribution in [0.25, 0.3) is 0 Å². The van der Waals surface area contributed by atoms with E-state index in [4.69, 9.17) is 0 Å². The monoisotopic (exact) mass is 706 g/mol. The Labute approximate surface area is 202 Å². The molecule has 0 saturated carbocycles. The Hall–Kier alpha value is -1.78. The van der Waals surface area contributed by atoms with Crippen LogP contribution in [0.3, 0.4) is 0 Å². The number of halogens is 28. The molecule has 248 valence electrons. The van der Waals surface area contributed by atoms with Crippen molar-refractivity contribution in [3.05, 3.63) is 0 Å². The van der Waals surface area contributed by atoms with Crippen molar-refractivity contribution in [2.75, 3.05) is 0 Å². The van der Waals surface area contributed by atoms with Crippen LogP contribution in [0.15, 0.2) is 0 Å². The average molecular weight is 706 g/mol. The molecule has 0 radical (unpaired) electrons. The van der Waals surface area contributed by atoms with Crippen molar-refractivity contribution in [3.8, 4) is 0 Å². The van der Waals surface area contributed by atoms with Gasteiger partial charge in [-0.05, 0) is 0 Å². The number of quaternary nitrogens is 1. The summed E-state index contributed by atoms with van der Waals surface area (Å²) in [7, 11) is -13.8. The first-order valence-electron chi connectivity index (χ1n) is 8.20. The van der Waals surface area contributed by atoms with Crippen molar-refractivity contribution in [1.82, 2.24) is 0 Å². The standard InChI is InChI=1S/C11F28NSi/c12-1(13,4(17,18)19)2(14,15)9(32,33)41(10(34,35)7(26,27)28,11(36,37)8(29,30)31)40(38,39)3(16,5(20,21)22)6(23,24)25/q+1. The normalized spacial score (nSPS) is 17.3. The Balaban J connectivity index is 9.43. The van der Waals surface area contributed by atoms with E-state index in [9.17, 15) is 123 Å². The third kappa shape index (κ3) is 4.44. The Morgan fingerprint density at radius 2 is 0.537 bits per heavy atom. The lowest BCUT2D eigenvalue weighted by atomic mass is 10.1. The average Bonchev–Trinajstić information content (AvgIpc) is 2.61. The molecule has 0 heterocycles. The Bertz CT molecular complexity index is 912. The van der Waals surface area contributed by atoms with Gasteiger partial charge in [-0.25, -0.2) is 0 Å². The summed E-state index contributed by atoms with van der Waals surface area (Å²) >= 11 is 0. The summed E-state index contributed by atoms with van der Waals surface area (Å²) in [5.41, 5.74) is -31.4. The van der Waals surface area contributed by atoms with Crippen molar-refractivity contribution in [1.29, 1.82) is 0 Å². The smallest absolute Gasteiger partial charge is 0.196 e. The highest BCUT2D eigenvalue weighted by atomic mass is 28.3. The van der Waals surface area contributed by atoms with Crippen LogP contribution >= 0.6 is 0 Å². The maximum absolute atomic E-state index is 14.4. The van der Waals surface area contributed by atoms with Crippen LogP contribution < -0.4 is 0 Å². The van der Waals surface area contributed by atoms with E-state index in [0.29, 0.717) is 0 Å². The van der Waals surface area contributed by atoms with E-state index in [1.54, 1.807) is 0 Å². The van der Waals surface area contributed by atoms with Gasteiger partial charge in [0.1, 0.15) is 0 Å². The van der Waals surface area contributed by atoms with Crippen LogP contribution in [0.4, 0.5) is 123 Å². The second-order valence-electron chi connectivity index (χ2n) is 7.21. The molecule has 0 rings (SSSR count). The molecule has 0 fully saturated rings. The zero-order valence-corrected chi connectivity index (χ0v) is 18.0. The summed E-state index contributed by atoms with van der Waals surface area (Å²) in [6.07, 6.45) is -46.3. The van der Waals surface area contributed by atoms with Gasteiger partial charge in [-0.15, -0.1) is 0 Å². The summed E-state index contributed by atoms with van der Waals surface area (Å²) in [6, 6.07) is 0. The summed E-state index contributed by atoms with van der Waals surface area (Å²) in [5, 5.41) is 0. The largest absolute Gasteiger partial charge is 0.608 e. The molecule has 0 unspecified atom stereocenters. The topological polar surface area (TPSA) is 0 Å². The molecule has 0 saturated heterocycles. The molecule has 0 spiro atoms. The first kappa shape index (κ1) is 39.2. The molecule has 41 heavy (non-hydrogen) atoms. The lowest BCUT2D eigenvalue weighted by molar-refractivity contribution is -1.16. The molecule has 0 aliphatic carbocycles. The molecular formula is C11F28NSi+. The summed E-state index contributed by atoms with van der Waals surface area (Å²) < 4.78 is 361. The van der Waals surface area contributed by atoms with Gasteiger partial charge in [-0.2, -0.15) is 114 Å². The van der Waals surface area contributed by atoms with Crippen molar-refractivity contribution in [3.63, 3.8) is 0 Å². The zero-order chi connectivity index (χ0) is 34.5. The first-order valence-corrected chi connectivity index (χ1v) is 10.1. The molecule has 0 amide bonds. The van der Waals surface area contributed by atoms with Crippen LogP contribution in [0, 0.1) is 0 Å². The predicted molar refractivity (Wildman–Crippen MR) is 67.1 cm³/mol. The quantitative estimate of drug-likeness (QED) is 0.108. The second kappa shape index (κ2) is 9.11. The molecular weight excluding hydrogens is 706 g/mol. The van der Waals surface area contributed by atoms with Crippen LogP contribution in [0.1, 0.15) is 0 Å². The van der Waals surface area contributed by atoms with Gasteiger partial charge in [-0.1, -0.05) is 0 Å². The van der Waals surface area contributed by atoms with Gasteiger partial charge in [0, 0.05) is 8.96 Å². The number of hydrogen-bond acceptors (Lipinski definition) is 0. The van der Waals surface area contributed by atoms with E-state index in [2.05, 4.69) is 0 Å². The maximum Gasteiger partial charge on any atom is 0.608 e.